The summed E-state index contributed by atoms with van der Waals surface area (Å²) in [6.45, 7) is 3.48. The van der Waals surface area contributed by atoms with Gasteiger partial charge in [0.2, 0.25) is 0 Å². The van der Waals surface area contributed by atoms with E-state index in [4.69, 9.17) is 5.26 Å². The standard InChI is InChI=1S/C14H13N3O2S/c1-10-5-6-16-9-13(10)17-20(18,19)14-7-12(8-15)4-3-11(14)2/h3-7,9,17H,1-2H3. The van der Waals surface area contributed by atoms with E-state index in [0.29, 0.717) is 16.8 Å². The first-order chi connectivity index (χ1) is 9.44. The topological polar surface area (TPSA) is 82.8 Å². The Morgan fingerprint density at radius 2 is 1.95 bits per heavy atom. The first kappa shape index (κ1) is 14.0. The highest BCUT2D eigenvalue weighted by molar-refractivity contribution is 7.92. The average Bonchev–Trinajstić information content (AvgIpc) is 2.41. The molecular weight excluding hydrogens is 274 g/mol. The SMILES string of the molecule is Cc1ccncc1NS(=O)(=O)c1cc(C#N)ccc1C. The van der Waals surface area contributed by atoms with Gasteiger partial charge in [-0.25, -0.2) is 8.42 Å². The third-order valence-electron chi connectivity index (χ3n) is 2.89. The molecule has 5 nitrogen and oxygen atoms in total. The Kier molecular flexibility index (Phi) is 3.72. The van der Waals surface area contributed by atoms with Crippen molar-refractivity contribution in [3.8, 4) is 6.07 Å². The lowest BCUT2D eigenvalue weighted by molar-refractivity contribution is 0.600. The zero-order chi connectivity index (χ0) is 14.8. The Morgan fingerprint density at radius 3 is 2.60 bits per heavy atom. The molecule has 1 aromatic carbocycles. The lowest BCUT2D eigenvalue weighted by atomic mass is 10.2. The van der Waals surface area contributed by atoms with E-state index in [1.54, 1.807) is 38.2 Å². The quantitative estimate of drug-likeness (QED) is 0.939. The Balaban J connectivity index is 2.47. The summed E-state index contributed by atoms with van der Waals surface area (Å²) in [7, 11) is -3.74. The van der Waals surface area contributed by atoms with Crippen LogP contribution in [0.4, 0.5) is 5.69 Å². The molecule has 0 bridgehead atoms. The molecule has 0 aliphatic carbocycles. The highest BCUT2D eigenvalue weighted by Crippen LogP contribution is 2.21. The monoisotopic (exact) mass is 287 g/mol. The van der Waals surface area contributed by atoms with Crippen LogP contribution in [0.1, 0.15) is 16.7 Å². The van der Waals surface area contributed by atoms with Crippen LogP contribution in [-0.2, 0) is 10.0 Å². The average molecular weight is 287 g/mol. The number of aromatic nitrogens is 1. The second-order valence-corrected chi connectivity index (χ2v) is 6.04. The van der Waals surface area contributed by atoms with Crippen LogP contribution in [0.3, 0.4) is 0 Å². The first-order valence-corrected chi connectivity index (χ1v) is 7.36. The van der Waals surface area contributed by atoms with Crippen molar-refractivity contribution in [1.29, 1.82) is 5.26 Å². The number of pyridine rings is 1. The molecule has 0 saturated carbocycles. The molecule has 0 saturated heterocycles. The molecule has 0 unspecified atom stereocenters. The van der Waals surface area contributed by atoms with Gasteiger partial charge >= 0.3 is 0 Å². The summed E-state index contributed by atoms with van der Waals surface area (Å²) in [6.07, 6.45) is 3.05. The highest BCUT2D eigenvalue weighted by Gasteiger charge is 2.18. The molecule has 0 spiro atoms. The molecule has 1 N–H and O–H groups in total. The summed E-state index contributed by atoms with van der Waals surface area (Å²) in [4.78, 5) is 4.00. The van der Waals surface area contributed by atoms with Gasteiger partial charge in [0.1, 0.15) is 0 Å². The Hall–Kier alpha value is -2.39. The third-order valence-corrected chi connectivity index (χ3v) is 4.40. The van der Waals surface area contributed by atoms with E-state index in [1.807, 2.05) is 6.07 Å². The maximum absolute atomic E-state index is 12.4. The minimum Gasteiger partial charge on any atom is -0.278 e. The Morgan fingerprint density at radius 1 is 1.20 bits per heavy atom. The van der Waals surface area contributed by atoms with Gasteiger partial charge in [-0.15, -0.1) is 0 Å². The van der Waals surface area contributed by atoms with E-state index in [-0.39, 0.29) is 4.90 Å². The Bertz CT molecular complexity index is 792. The van der Waals surface area contributed by atoms with Crippen LogP contribution in [0.25, 0.3) is 0 Å². The fraction of sp³-hybridized carbons (Fsp3) is 0.143. The van der Waals surface area contributed by atoms with Crippen LogP contribution in [0.5, 0.6) is 0 Å². The van der Waals surface area contributed by atoms with E-state index in [0.717, 1.165) is 5.56 Å². The van der Waals surface area contributed by atoms with Crippen LogP contribution in [0.15, 0.2) is 41.6 Å². The van der Waals surface area contributed by atoms with Gasteiger partial charge in [0.25, 0.3) is 10.0 Å². The van der Waals surface area contributed by atoms with Gasteiger partial charge < -0.3 is 0 Å². The maximum Gasteiger partial charge on any atom is 0.262 e. The molecule has 1 heterocycles. The van der Waals surface area contributed by atoms with Crippen molar-refractivity contribution < 1.29 is 8.42 Å². The molecule has 2 aromatic rings. The van der Waals surface area contributed by atoms with E-state index >= 15 is 0 Å². The van der Waals surface area contributed by atoms with E-state index in [1.165, 1.54) is 12.3 Å². The van der Waals surface area contributed by atoms with Gasteiger partial charge in [0.15, 0.2) is 0 Å². The summed E-state index contributed by atoms with van der Waals surface area (Å²) >= 11 is 0. The molecule has 0 fully saturated rings. The molecule has 1 aromatic heterocycles. The second kappa shape index (κ2) is 5.31. The van der Waals surface area contributed by atoms with Crippen molar-refractivity contribution in [3.05, 3.63) is 53.3 Å². The van der Waals surface area contributed by atoms with Crippen LogP contribution < -0.4 is 4.72 Å². The van der Waals surface area contributed by atoms with Gasteiger partial charge in [-0.1, -0.05) is 6.07 Å². The highest BCUT2D eigenvalue weighted by atomic mass is 32.2. The summed E-state index contributed by atoms with van der Waals surface area (Å²) in [5.41, 5.74) is 2.09. The number of aryl methyl sites for hydroxylation is 2. The minimum absolute atomic E-state index is 0.0970. The number of benzene rings is 1. The van der Waals surface area contributed by atoms with Gasteiger partial charge in [0, 0.05) is 6.20 Å². The van der Waals surface area contributed by atoms with Gasteiger partial charge in [0.05, 0.1) is 28.4 Å². The summed E-state index contributed by atoms with van der Waals surface area (Å²) < 4.78 is 27.3. The Labute approximate surface area is 118 Å². The number of rotatable bonds is 3. The van der Waals surface area contributed by atoms with Crippen molar-refractivity contribution in [1.82, 2.24) is 4.98 Å². The number of hydrogen-bond acceptors (Lipinski definition) is 4. The molecule has 0 radical (unpaired) electrons. The van der Waals surface area contributed by atoms with E-state index in [9.17, 15) is 8.42 Å². The molecule has 20 heavy (non-hydrogen) atoms. The fourth-order valence-electron chi connectivity index (χ4n) is 1.73. The molecule has 102 valence electrons. The first-order valence-electron chi connectivity index (χ1n) is 5.88. The minimum atomic E-state index is -3.74. The van der Waals surface area contributed by atoms with Crippen LogP contribution in [0, 0.1) is 25.2 Å². The van der Waals surface area contributed by atoms with Gasteiger partial charge in [-0.2, -0.15) is 5.26 Å². The molecule has 0 atom stereocenters. The largest absolute Gasteiger partial charge is 0.278 e. The molecule has 2 rings (SSSR count). The number of nitriles is 1. The molecule has 0 aliphatic heterocycles. The summed E-state index contributed by atoms with van der Waals surface area (Å²) in [6, 6.07) is 8.22. The van der Waals surface area contributed by atoms with Crippen molar-refractivity contribution in [2.45, 2.75) is 18.7 Å². The predicted octanol–water partition coefficient (Wildman–Crippen LogP) is 2.37. The smallest absolute Gasteiger partial charge is 0.262 e. The van der Waals surface area contributed by atoms with Crippen LogP contribution >= 0.6 is 0 Å². The van der Waals surface area contributed by atoms with Crippen molar-refractivity contribution in [3.63, 3.8) is 0 Å². The van der Waals surface area contributed by atoms with Crippen molar-refractivity contribution in [2.24, 2.45) is 0 Å². The van der Waals surface area contributed by atoms with E-state index in [2.05, 4.69) is 9.71 Å². The van der Waals surface area contributed by atoms with E-state index < -0.39 is 10.0 Å². The van der Waals surface area contributed by atoms with Crippen LogP contribution in [0.2, 0.25) is 0 Å². The van der Waals surface area contributed by atoms with Gasteiger partial charge in [-0.3, -0.25) is 9.71 Å². The van der Waals surface area contributed by atoms with Crippen LogP contribution in [-0.4, -0.2) is 13.4 Å². The summed E-state index contributed by atoms with van der Waals surface area (Å²) in [5.74, 6) is 0. The number of nitrogens with zero attached hydrogens (tertiary/aromatic N) is 2. The molecule has 0 aliphatic rings. The zero-order valence-corrected chi connectivity index (χ0v) is 11.9. The molecule has 0 amide bonds. The van der Waals surface area contributed by atoms with Crippen molar-refractivity contribution in [2.75, 3.05) is 4.72 Å². The fourth-order valence-corrected chi connectivity index (χ4v) is 3.12. The van der Waals surface area contributed by atoms with Gasteiger partial charge in [-0.05, 0) is 43.2 Å². The predicted molar refractivity (Wildman–Crippen MR) is 75.7 cm³/mol. The number of sulfonamides is 1. The lowest BCUT2D eigenvalue weighted by Gasteiger charge is -2.12. The number of anilines is 1. The number of hydrogen-bond donors (Lipinski definition) is 1. The zero-order valence-electron chi connectivity index (χ0n) is 11.1. The number of nitrogens with one attached hydrogen (secondary N) is 1. The lowest BCUT2D eigenvalue weighted by Crippen LogP contribution is -2.15. The third kappa shape index (κ3) is 2.78. The second-order valence-electron chi connectivity index (χ2n) is 4.39. The normalized spacial score (nSPS) is 10.8. The summed E-state index contributed by atoms with van der Waals surface area (Å²) in [5, 5.41) is 8.88. The molecule has 6 heteroatoms. The van der Waals surface area contributed by atoms with Crippen molar-refractivity contribution >= 4 is 15.7 Å². The maximum atomic E-state index is 12.4. The molecular formula is C14H13N3O2S.